The first-order chi connectivity index (χ1) is 11.6. The molecular formula is C23H35N. The molecule has 1 aromatic carbocycles. The van der Waals surface area contributed by atoms with E-state index >= 15 is 0 Å². The molecule has 0 aliphatic rings. The van der Waals surface area contributed by atoms with E-state index in [1.807, 2.05) is 0 Å². The van der Waals surface area contributed by atoms with Gasteiger partial charge in [-0.1, -0.05) is 65.0 Å². The van der Waals surface area contributed by atoms with Gasteiger partial charge in [0.05, 0.1) is 0 Å². The predicted molar refractivity (Wildman–Crippen MR) is 109 cm³/mol. The lowest BCUT2D eigenvalue weighted by molar-refractivity contribution is 0.402. The third-order valence-electron chi connectivity index (χ3n) is 5.27. The van der Waals surface area contributed by atoms with Crippen LogP contribution in [0.5, 0.6) is 0 Å². The second-order valence-electron chi connectivity index (χ2n) is 7.50. The molecule has 1 unspecified atom stereocenters. The smallest absolute Gasteiger partial charge is 0.0465 e. The van der Waals surface area contributed by atoms with Crippen LogP contribution in [0.2, 0.25) is 0 Å². The minimum absolute atomic E-state index is 0.867. The third-order valence-corrected chi connectivity index (χ3v) is 5.27. The zero-order valence-electron chi connectivity index (χ0n) is 16.2. The van der Waals surface area contributed by atoms with Crippen LogP contribution in [-0.4, -0.2) is 4.98 Å². The van der Waals surface area contributed by atoms with Crippen LogP contribution in [0.4, 0.5) is 0 Å². The summed E-state index contributed by atoms with van der Waals surface area (Å²) in [6.07, 6.45) is 12.7. The molecule has 0 aliphatic heterocycles. The first-order valence-corrected chi connectivity index (χ1v) is 9.83. The number of aromatic nitrogens is 1. The zero-order chi connectivity index (χ0) is 17.5. The van der Waals surface area contributed by atoms with E-state index in [2.05, 4.69) is 57.6 Å². The lowest BCUT2D eigenvalue weighted by Crippen LogP contribution is -2.01. The molecule has 1 heteroatoms. The topological polar surface area (TPSA) is 15.8 Å². The van der Waals surface area contributed by atoms with Crippen LogP contribution >= 0.6 is 0 Å². The van der Waals surface area contributed by atoms with E-state index in [9.17, 15) is 0 Å². The summed E-state index contributed by atoms with van der Waals surface area (Å²) in [6.45, 7) is 13.4. The predicted octanol–water partition coefficient (Wildman–Crippen LogP) is 7.57. The maximum Gasteiger partial charge on any atom is 0.0465 e. The number of H-pyrrole nitrogens is 1. The fourth-order valence-electron chi connectivity index (χ4n) is 3.98. The summed E-state index contributed by atoms with van der Waals surface area (Å²) in [4.78, 5) is 3.44. The van der Waals surface area contributed by atoms with Crippen LogP contribution in [0.15, 0.2) is 24.9 Å². The molecule has 1 aromatic heterocycles. The maximum absolute atomic E-state index is 4.42. The van der Waals surface area contributed by atoms with E-state index in [1.54, 1.807) is 0 Å². The maximum atomic E-state index is 4.42. The van der Waals surface area contributed by atoms with Crippen LogP contribution in [0.1, 0.15) is 81.9 Å². The standard InChI is InChI=1S/C23H35N/c1-6-8-9-11-20(10-7-2)13-12-18(4)21-16-24-22-15-17(3)14-19(5)23(21)22/h14-16,20,24H,4,6-13H2,1-3,5H3. The highest BCUT2D eigenvalue weighted by Gasteiger charge is 2.13. The number of hydrogen-bond acceptors (Lipinski definition) is 0. The van der Waals surface area contributed by atoms with Crippen molar-refractivity contribution in [3.05, 3.63) is 41.6 Å². The molecule has 0 saturated heterocycles. The van der Waals surface area contributed by atoms with Gasteiger partial charge < -0.3 is 4.98 Å². The van der Waals surface area contributed by atoms with Crippen molar-refractivity contribution in [2.24, 2.45) is 5.92 Å². The Bertz CT molecular complexity index is 662. The quantitative estimate of drug-likeness (QED) is 0.433. The normalized spacial score (nSPS) is 12.7. The Labute approximate surface area is 148 Å². The molecule has 0 spiro atoms. The molecule has 1 atom stereocenters. The minimum atomic E-state index is 0.867. The van der Waals surface area contributed by atoms with Crippen LogP contribution in [0.25, 0.3) is 16.5 Å². The Balaban J connectivity index is 2.03. The fraction of sp³-hybridized carbons (Fsp3) is 0.565. The average molecular weight is 326 g/mol. The summed E-state index contributed by atoms with van der Waals surface area (Å²) < 4.78 is 0. The molecule has 2 rings (SSSR count). The number of rotatable bonds is 10. The van der Waals surface area contributed by atoms with E-state index in [4.69, 9.17) is 0 Å². The number of unbranched alkanes of at least 4 members (excludes halogenated alkanes) is 2. The van der Waals surface area contributed by atoms with Crippen molar-refractivity contribution in [2.75, 3.05) is 0 Å². The average Bonchev–Trinajstić information content (AvgIpc) is 2.96. The van der Waals surface area contributed by atoms with Gasteiger partial charge in [-0.2, -0.15) is 0 Å². The van der Waals surface area contributed by atoms with E-state index < -0.39 is 0 Å². The molecule has 0 aliphatic carbocycles. The van der Waals surface area contributed by atoms with Gasteiger partial charge in [-0.15, -0.1) is 0 Å². The van der Waals surface area contributed by atoms with Crippen molar-refractivity contribution in [2.45, 2.75) is 79.1 Å². The molecule has 0 saturated carbocycles. The Hall–Kier alpha value is -1.50. The molecule has 1 N–H and O–H groups in total. The minimum Gasteiger partial charge on any atom is -0.361 e. The van der Waals surface area contributed by atoms with Crippen molar-refractivity contribution in [1.82, 2.24) is 4.98 Å². The number of nitrogens with one attached hydrogen (secondary N) is 1. The van der Waals surface area contributed by atoms with Crippen LogP contribution in [0, 0.1) is 19.8 Å². The number of fused-ring (bicyclic) bond motifs is 1. The molecule has 132 valence electrons. The highest BCUT2D eigenvalue weighted by atomic mass is 14.7. The van der Waals surface area contributed by atoms with Gasteiger partial charge in [0, 0.05) is 22.7 Å². The summed E-state index contributed by atoms with van der Waals surface area (Å²) in [6, 6.07) is 4.52. The number of aryl methyl sites for hydroxylation is 2. The highest BCUT2D eigenvalue weighted by Crippen LogP contribution is 2.32. The Morgan fingerprint density at radius 3 is 2.54 bits per heavy atom. The van der Waals surface area contributed by atoms with Crippen molar-refractivity contribution in [3.63, 3.8) is 0 Å². The molecule has 1 nitrogen and oxygen atoms in total. The SMILES string of the molecule is C=C(CCC(CCC)CCCCC)c1c[nH]c2cc(C)cc(C)c12. The second-order valence-corrected chi connectivity index (χ2v) is 7.50. The zero-order valence-corrected chi connectivity index (χ0v) is 16.2. The van der Waals surface area contributed by atoms with E-state index in [-0.39, 0.29) is 0 Å². The van der Waals surface area contributed by atoms with Crippen LogP contribution in [0.3, 0.4) is 0 Å². The Kier molecular flexibility index (Phi) is 7.15. The van der Waals surface area contributed by atoms with Crippen molar-refractivity contribution in [3.8, 4) is 0 Å². The van der Waals surface area contributed by atoms with E-state index in [0.29, 0.717) is 0 Å². The van der Waals surface area contributed by atoms with Crippen molar-refractivity contribution in [1.29, 1.82) is 0 Å². The first kappa shape index (κ1) is 18.8. The molecule has 1 heterocycles. The lowest BCUT2D eigenvalue weighted by Gasteiger charge is -2.17. The molecule has 0 bridgehead atoms. The van der Waals surface area contributed by atoms with Gasteiger partial charge in [-0.3, -0.25) is 0 Å². The Morgan fingerprint density at radius 1 is 1.04 bits per heavy atom. The van der Waals surface area contributed by atoms with Gasteiger partial charge >= 0.3 is 0 Å². The van der Waals surface area contributed by atoms with Gasteiger partial charge in [0.15, 0.2) is 0 Å². The summed E-state index contributed by atoms with van der Waals surface area (Å²) >= 11 is 0. The van der Waals surface area contributed by atoms with Crippen LogP contribution < -0.4 is 0 Å². The molecule has 0 amide bonds. The van der Waals surface area contributed by atoms with Gasteiger partial charge in [0.1, 0.15) is 0 Å². The summed E-state index contributed by atoms with van der Waals surface area (Å²) in [5.74, 6) is 0.867. The van der Waals surface area contributed by atoms with Crippen molar-refractivity contribution < 1.29 is 0 Å². The fourth-order valence-corrected chi connectivity index (χ4v) is 3.98. The molecular weight excluding hydrogens is 290 g/mol. The summed E-state index contributed by atoms with van der Waals surface area (Å²) in [7, 11) is 0. The third kappa shape index (κ3) is 4.75. The first-order valence-electron chi connectivity index (χ1n) is 9.83. The summed E-state index contributed by atoms with van der Waals surface area (Å²) in [5.41, 5.74) is 6.54. The summed E-state index contributed by atoms with van der Waals surface area (Å²) in [5, 5.41) is 1.36. The Morgan fingerprint density at radius 2 is 1.83 bits per heavy atom. The number of hydrogen-bond donors (Lipinski definition) is 1. The highest BCUT2D eigenvalue weighted by molar-refractivity contribution is 5.94. The van der Waals surface area contributed by atoms with Crippen molar-refractivity contribution >= 4 is 16.5 Å². The van der Waals surface area contributed by atoms with Gasteiger partial charge in [-0.25, -0.2) is 0 Å². The monoisotopic (exact) mass is 325 g/mol. The van der Waals surface area contributed by atoms with Gasteiger partial charge in [-0.05, 0) is 55.4 Å². The molecule has 2 aromatic rings. The second kappa shape index (κ2) is 9.11. The largest absolute Gasteiger partial charge is 0.361 e. The lowest BCUT2D eigenvalue weighted by atomic mass is 9.89. The molecule has 24 heavy (non-hydrogen) atoms. The van der Waals surface area contributed by atoms with Crippen LogP contribution in [-0.2, 0) is 0 Å². The molecule has 0 fully saturated rings. The number of aromatic amines is 1. The number of allylic oxidation sites excluding steroid dienone is 1. The van der Waals surface area contributed by atoms with E-state index in [1.165, 1.54) is 78.1 Å². The van der Waals surface area contributed by atoms with Gasteiger partial charge in [0.2, 0.25) is 0 Å². The van der Waals surface area contributed by atoms with Gasteiger partial charge in [0.25, 0.3) is 0 Å². The number of benzene rings is 1. The molecule has 0 radical (unpaired) electrons. The van der Waals surface area contributed by atoms with E-state index in [0.717, 1.165) is 12.3 Å².